The van der Waals surface area contributed by atoms with Crippen molar-refractivity contribution in [1.29, 1.82) is 0 Å². The summed E-state index contributed by atoms with van der Waals surface area (Å²) in [6.07, 6.45) is 0.499. The number of carbonyl (C=O) groups excluding carboxylic acids is 1. The molecule has 0 aliphatic heterocycles. The summed E-state index contributed by atoms with van der Waals surface area (Å²) in [6, 6.07) is 16.7. The van der Waals surface area contributed by atoms with E-state index < -0.39 is 21.0 Å². The first kappa shape index (κ1) is 19.0. The van der Waals surface area contributed by atoms with Crippen LogP contribution in [0.4, 0.5) is 0 Å². The summed E-state index contributed by atoms with van der Waals surface area (Å²) in [5.41, 5.74) is 0.835. The van der Waals surface area contributed by atoms with Crippen molar-refractivity contribution in [3.05, 3.63) is 60.2 Å². The smallest absolute Gasteiger partial charge is 0.238 e. The summed E-state index contributed by atoms with van der Waals surface area (Å²) < 4.78 is 29.7. The van der Waals surface area contributed by atoms with Crippen LogP contribution in [0.1, 0.15) is 25.8 Å². The van der Waals surface area contributed by atoms with Crippen molar-refractivity contribution >= 4 is 15.7 Å². The zero-order valence-corrected chi connectivity index (χ0v) is 15.3. The maximum Gasteiger partial charge on any atom is 0.238 e. The van der Waals surface area contributed by atoms with E-state index >= 15 is 0 Å². The molecular formula is C19H23NO4S. The minimum Gasteiger partial charge on any atom is -0.457 e. The average Bonchev–Trinajstić information content (AvgIpc) is 2.60. The molecule has 134 valence electrons. The third kappa shape index (κ3) is 5.60. The van der Waals surface area contributed by atoms with E-state index in [9.17, 15) is 13.2 Å². The summed E-state index contributed by atoms with van der Waals surface area (Å²) in [5.74, 6) is 0.914. The molecule has 25 heavy (non-hydrogen) atoms. The molecule has 6 heteroatoms. The Bertz CT molecular complexity index is 803. The van der Waals surface area contributed by atoms with Crippen LogP contribution in [-0.2, 0) is 21.2 Å². The molecule has 1 amide bonds. The highest BCUT2D eigenvalue weighted by Crippen LogP contribution is 2.21. The van der Waals surface area contributed by atoms with Crippen molar-refractivity contribution in [3.8, 4) is 11.5 Å². The van der Waals surface area contributed by atoms with Gasteiger partial charge in [-0.3, -0.25) is 4.79 Å². The number of benzene rings is 2. The van der Waals surface area contributed by atoms with Gasteiger partial charge in [-0.15, -0.1) is 0 Å². The zero-order valence-electron chi connectivity index (χ0n) is 14.4. The van der Waals surface area contributed by atoms with Crippen LogP contribution in [0.2, 0.25) is 0 Å². The molecule has 0 radical (unpaired) electrons. The summed E-state index contributed by atoms with van der Waals surface area (Å²) in [5, 5.41) is 1.64. The highest BCUT2D eigenvalue weighted by molar-refractivity contribution is 7.92. The quantitative estimate of drug-likeness (QED) is 0.783. The molecule has 0 bridgehead atoms. The first-order chi connectivity index (χ1) is 11.9. The summed E-state index contributed by atoms with van der Waals surface area (Å²) in [7, 11) is -3.40. The fourth-order valence-electron chi connectivity index (χ4n) is 2.30. The Morgan fingerprint density at radius 3 is 2.44 bits per heavy atom. The molecule has 0 saturated carbocycles. The van der Waals surface area contributed by atoms with E-state index in [1.54, 1.807) is 6.92 Å². The number of hydrogen-bond donors (Lipinski definition) is 1. The first-order valence-corrected chi connectivity index (χ1v) is 9.95. The maximum absolute atomic E-state index is 12.1. The largest absolute Gasteiger partial charge is 0.457 e. The van der Waals surface area contributed by atoms with Crippen molar-refractivity contribution in [1.82, 2.24) is 5.32 Å². The van der Waals surface area contributed by atoms with Crippen LogP contribution in [0, 0.1) is 0 Å². The Labute approximate surface area is 148 Å². The second-order valence-electron chi connectivity index (χ2n) is 5.79. The summed E-state index contributed by atoms with van der Waals surface area (Å²) in [4.78, 5) is 12.1. The highest BCUT2D eigenvalue weighted by atomic mass is 32.2. The second kappa shape index (κ2) is 8.67. The normalized spacial score (nSPS) is 12.4. The molecule has 0 saturated heterocycles. The molecule has 0 aromatic heterocycles. The van der Waals surface area contributed by atoms with Crippen LogP contribution in [0.5, 0.6) is 11.5 Å². The minimum atomic E-state index is -3.40. The predicted molar refractivity (Wildman–Crippen MR) is 98.3 cm³/mol. The van der Waals surface area contributed by atoms with E-state index in [0.29, 0.717) is 12.2 Å². The minimum absolute atomic E-state index is 0.0159. The number of carbonyl (C=O) groups is 1. The fourth-order valence-corrected chi connectivity index (χ4v) is 3.63. The van der Waals surface area contributed by atoms with Crippen molar-refractivity contribution in [2.75, 3.05) is 5.75 Å². The number of amides is 1. The van der Waals surface area contributed by atoms with Gasteiger partial charge < -0.3 is 10.1 Å². The van der Waals surface area contributed by atoms with Gasteiger partial charge in [0.2, 0.25) is 5.91 Å². The van der Waals surface area contributed by atoms with Gasteiger partial charge in [-0.2, -0.15) is 0 Å². The van der Waals surface area contributed by atoms with E-state index in [1.165, 1.54) is 6.92 Å². The van der Waals surface area contributed by atoms with Crippen LogP contribution in [0.3, 0.4) is 0 Å². The van der Waals surface area contributed by atoms with Gasteiger partial charge in [-0.05, 0) is 43.2 Å². The monoisotopic (exact) mass is 361 g/mol. The molecule has 5 nitrogen and oxygen atoms in total. The molecule has 0 heterocycles. The van der Waals surface area contributed by atoms with Gasteiger partial charge in [0.25, 0.3) is 0 Å². The molecule has 2 aromatic carbocycles. The van der Waals surface area contributed by atoms with E-state index in [2.05, 4.69) is 5.32 Å². The summed E-state index contributed by atoms with van der Waals surface area (Å²) in [6.45, 7) is 3.45. The molecule has 1 atom stereocenters. The van der Waals surface area contributed by atoms with Gasteiger partial charge in [-0.25, -0.2) is 8.42 Å². The van der Waals surface area contributed by atoms with Gasteiger partial charge in [0.05, 0.1) is 5.75 Å². The molecule has 2 rings (SSSR count). The SMILES string of the molecule is CCCS(=O)(=O)[C@H](C)C(=O)NCc1cccc(Oc2ccccc2)c1. The Kier molecular flexibility index (Phi) is 6.58. The lowest BCUT2D eigenvalue weighted by atomic mass is 10.2. The number of hydrogen-bond acceptors (Lipinski definition) is 4. The molecule has 0 unspecified atom stereocenters. The number of sulfone groups is 1. The van der Waals surface area contributed by atoms with Gasteiger partial charge in [0, 0.05) is 6.54 Å². The lowest BCUT2D eigenvalue weighted by Crippen LogP contribution is -2.38. The van der Waals surface area contributed by atoms with Crippen LogP contribution in [-0.4, -0.2) is 25.3 Å². The topological polar surface area (TPSA) is 72.5 Å². The van der Waals surface area contributed by atoms with Crippen LogP contribution in [0.15, 0.2) is 54.6 Å². The molecule has 1 N–H and O–H groups in total. The fraction of sp³-hybridized carbons (Fsp3) is 0.316. The summed E-state index contributed by atoms with van der Waals surface area (Å²) >= 11 is 0. The Hall–Kier alpha value is -2.34. The first-order valence-electron chi connectivity index (χ1n) is 8.23. The highest BCUT2D eigenvalue weighted by Gasteiger charge is 2.26. The third-order valence-electron chi connectivity index (χ3n) is 3.74. The van der Waals surface area contributed by atoms with Gasteiger partial charge in [0.15, 0.2) is 9.84 Å². The van der Waals surface area contributed by atoms with E-state index in [-0.39, 0.29) is 12.3 Å². The number of para-hydroxylation sites is 1. The molecule has 0 spiro atoms. The predicted octanol–water partition coefficient (Wildman–Crippen LogP) is 3.31. The Balaban J connectivity index is 1.97. The second-order valence-corrected chi connectivity index (χ2v) is 8.23. The van der Waals surface area contributed by atoms with Crippen molar-refractivity contribution in [2.45, 2.75) is 32.1 Å². The average molecular weight is 361 g/mol. The van der Waals surface area contributed by atoms with E-state index in [1.807, 2.05) is 54.6 Å². The maximum atomic E-state index is 12.1. The molecule has 0 fully saturated rings. The lowest BCUT2D eigenvalue weighted by molar-refractivity contribution is -0.120. The van der Waals surface area contributed by atoms with Crippen molar-refractivity contribution < 1.29 is 17.9 Å². The molecule has 0 aliphatic rings. The van der Waals surface area contributed by atoms with Gasteiger partial charge >= 0.3 is 0 Å². The van der Waals surface area contributed by atoms with Gasteiger partial charge in [-0.1, -0.05) is 37.3 Å². The van der Waals surface area contributed by atoms with Crippen LogP contribution < -0.4 is 10.1 Å². The Morgan fingerprint density at radius 2 is 1.76 bits per heavy atom. The standard InChI is InChI=1S/C19H23NO4S/c1-3-12-25(22,23)15(2)19(21)20-14-16-8-7-11-18(13-16)24-17-9-5-4-6-10-17/h4-11,13,15H,3,12,14H2,1-2H3,(H,20,21)/t15-/m1/s1. The molecular weight excluding hydrogens is 338 g/mol. The van der Waals surface area contributed by atoms with Crippen LogP contribution >= 0.6 is 0 Å². The number of nitrogens with one attached hydrogen (secondary N) is 1. The van der Waals surface area contributed by atoms with E-state index in [4.69, 9.17) is 4.74 Å². The third-order valence-corrected chi connectivity index (χ3v) is 6.01. The van der Waals surface area contributed by atoms with Gasteiger partial charge in [0.1, 0.15) is 16.7 Å². The van der Waals surface area contributed by atoms with Crippen molar-refractivity contribution in [2.24, 2.45) is 0 Å². The molecule has 2 aromatic rings. The van der Waals surface area contributed by atoms with Crippen molar-refractivity contribution in [3.63, 3.8) is 0 Å². The Morgan fingerprint density at radius 1 is 1.08 bits per heavy atom. The number of rotatable bonds is 8. The zero-order chi connectivity index (χ0) is 18.3. The van der Waals surface area contributed by atoms with Crippen LogP contribution in [0.25, 0.3) is 0 Å². The molecule has 0 aliphatic carbocycles. The lowest BCUT2D eigenvalue weighted by Gasteiger charge is -2.13. The number of ether oxygens (including phenoxy) is 1. The van der Waals surface area contributed by atoms with E-state index in [0.717, 1.165) is 11.3 Å².